The second kappa shape index (κ2) is 5.10. The van der Waals surface area contributed by atoms with E-state index in [9.17, 15) is 4.79 Å². The predicted molar refractivity (Wildman–Crippen MR) is 79.9 cm³/mol. The van der Waals surface area contributed by atoms with Gasteiger partial charge >= 0.3 is 0 Å². The maximum absolute atomic E-state index is 12.2. The van der Waals surface area contributed by atoms with Gasteiger partial charge in [-0.15, -0.1) is 5.10 Å². The number of nitrogens with two attached hydrogens (primary N) is 1. The lowest BCUT2D eigenvalue weighted by atomic mass is 10.2. The summed E-state index contributed by atoms with van der Waals surface area (Å²) in [6.07, 6.45) is 0. The van der Waals surface area contributed by atoms with E-state index in [-0.39, 0.29) is 18.4 Å². The zero-order valence-electron chi connectivity index (χ0n) is 11.2. The topological polar surface area (TPSA) is 102 Å². The van der Waals surface area contributed by atoms with Crippen molar-refractivity contribution in [1.29, 1.82) is 0 Å². The molecular weight excluding hydrogens is 292 g/mol. The fourth-order valence-corrected chi connectivity index (χ4v) is 2.36. The van der Waals surface area contributed by atoms with E-state index in [1.807, 2.05) is 23.7 Å². The van der Waals surface area contributed by atoms with E-state index in [1.54, 1.807) is 12.1 Å². The first-order valence-electron chi connectivity index (χ1n) is 6.24. The number of hydrogen-bond donors (Lipinski definition) is 3. The summed E-state index contributed by atoms with van der Waals surface area (Å²) in [4.78, 5) is 16.2. The van der Waals surface area contributed by atoms with E-state index in [4.69, 9.17) is 17.3 Å². The van der Waals surface area contributed by atoms with Gasteiger partial charge in [0.1, 0.15) is 11.5 Å². The molecule has 7 nitrogen and oxygen atoms in total. The number of aromatic nitrogens is 4. The van der Waals surface area contributed by atoms with Gasteiger partial charge in [-0.3, -0.25) is 9.89 Å². The van der Waals surface area contributed by atoms with Crippen molar-refractivity contribution in [2.75, 3.05) is 5.73 Å². The maximum Gasteiger partial charge on any atom is 0.268 e. The Labute approximate surface area is 125 Å². The zero-order valence-corrected chi connectivity index (χ0v) is 12.0. The van der Waals surface area contributed by atoms with Crippen LogP contribution in [0.1, 0.15) is 16.3 Å². The average Bonchev–Trinajstić information content (AvgIpc) is 3.00. The van der Waals surface area contributed by atoms with Gasteiger partial charge in [0.2, 0.25) is 5.95 Å². The van der Waals surface area contributed by atoms with Crippen LogP contribution in [0.3, 0.4) is 0 Å². The number of nitrogen functional groups attached to an aromatic ring is 1. The zero-order chi connectivity index (χ0) is 15.0. The number of nitrogens with zero attached hydrogens (tertiary/aromatic N) is 3. The molecule has 0 saturated heterocycles. The summed E-state index contributed by atoms with van der Waals surface area (Å²) in [7, 11) is 1.83. The number of fused-ring (bicyclic) bond motifs is 1. The molecule has 0 atom stereocenters. The molecule has 3 rings (SSSR count). The molecule has 0 unspecified atom stereocenters. The van der Waals surface area contributed by atoms with Crippen molar-refractivity contribution in [1.82, 2.24) is 25.1 Å². The van der Waals surface area contributed by atoms with E-state index >= 15 is 0 Å². The van der Waals surface area contributed by atoms with Gasteiger partial charge in [0.25, 0.3) is 5.91 Å². The van der Waals surface area contributed by atoms with Gasteiger partial charge in [-0.05, 0) is 24.3 Å². The first-order valence-corrected chi connectivity index (χ1v) is 6.62. The molecule has 8 heteroatoms. The smallest absolute Gasteiger partial charge is 0.268 e. The van der Waals surface area contributed by atoms with E-state index in [0.717, 1.165) is 10.9 Å². The van der Waals surface area contributed by atoms with Gasteiger partial charge in [0.15, 0.2) is 0 Å². The number of rotatable bonds is 3. The monoisotopic (exact) mass is 304 g/mol. The molecule has 0 aliphatic carbocycles. The fourth-order valence-electron chi connectivity index (χ4n) is 2.18. The van der Waals surface area contributed by atoms with Crippen molar-refractivity contribution in [2.45, 2.75) is 6.54 Å². The Morgan fingerprint density at radius 3 is 3.00 bits per heavy atom. The van der Waals surface area contributed by atoms with Crippen LogP contribution in [0.2, 0.25) is 5.02 Å². The number of halogens is 1. The van der Waals surface area contributed by atoms with Crippen LogP contribution >= 0.6 is 11.6 Å². The molecule has 2 aromatic heterocycles. The maximum atomic E-state index is 12.2. The molecule has 0 radical (unpaired) electrons. The van der Waals surface area contributed by atoms with Crippen molar-refractivity contribution in [3.8, 4) is 0 Å². The Balaban J connectivity index is 1.82. The predicted octanol–water partition coefficient (Wildman–Crippen LogP) is 1.46. The van der Waals surface area contributed by atoms with Crippen LogP contribution < -0.4 is 11.1 Å². The quantitative estimate of drug-likeness (QED) is 0.681. The molecule has 108 valence electrons. The Bertz CT molecular complexity index is 821. The van der Waals surface area contributed by atoms with Gasteiger partial charge in [0.05, 0.1) is 6.54 Å². The molecule has 4 N–H and O–H groups in total. The lowest BCUT2D eigenvalue weighted by molar-refractivity contribution is 0.0942. The number of aryl methyl sites for hydroxylation is 1. The van der Waals surface area contributed by atoms with Crippen LogP contribution in [0.4, 0.5) is 5.95 Å². The van der Waals surface area contributed by atoms with Crippen LogP contribution in [0.5, 0.6) is 0 Å². The number of carbonyl (C=O) groups excluding carboxylic acids is 1. The van der Waals surface area contributed by atoms with Crippen molar-refractivity contribution in [2.24, 2.45) is 7.05 Å². The van der Waals surface area contributed by atoms with E-state index < -0.39 is 0 Å². The first kappa shape index (κ1) is 13.4. The summed E-state index contributed by atoms with van der Waals surface area (Å²) in [5, 5.41) is 10.7. The Hall–Kier alpha value is -2.54. The van der Waals surface area contributed by atoms with Crippen molar-refractivity contribution in [3.05, 3.63) is 40.8 Å². The van der Waals surface area contributed by atoms with Crippen molar-refractivity contribution in [3.63, 3.8) is 0 Å². The summed E-state index contributed by atoms with van der Waals surface area (Å²) >= 11 is 5.96. The van der Waals surface area contributed by atoms with E-state index in [1.165, 1.54) is 0 Å². The number of aromatic amines is 1. The highest BCUT2D eigenvalue weighted by Gasteiger charge is 2.13. The fraction of sp³-hybridized carbons (Fsp3) is 0.154. The largest absolute Gasteiger partial charge is 0.367 e. The summed E-state index contributed by atoms with van der Waals surface area (Å²) in [6.45, 7) is 0.227. The van der Waals surface area contributed by atoms with Crippen LogP contribution in [-0.4, -0.2) is 25.7 Å². The molecular formula is C13H13ClN6O. The molecule has 3 aromatic rings. The summed E-state index contributed by atoms with van der Waals surface area (Å²) in [5.74, 6) is 0.445. The third-order valence-electron chi connectivity index (χ3n) is 3.20. The minimum Gasteiger partial charge on any atom is -0.367 e. The average molecular weight is 305 g/mol. The molecule has 0 aliphatic heterocycles. The minimum absolute atomic E-state index is 0.151. The number of anilines is 1. The Morgan fingerprint density at radius 2 is 2.29 bits per heavy atom. The van der Waals surface area contributed by atoms with Gasteiger partial charge in [-0.1, -0.05) is 11.6 Å². The van der Waals surface area contributed by atoms with E-state index in [0.29, 0.717) is 16.5 Å². The van der Waals surface area contributed by atoms with Crippen molar-refractivity contribution < 1.29 is 4.79 Å². The second-order valence-electron chi connectivity index (χ2n) is 4.61. The molecule has 0 saturated carbocycles. The van der Waals surface area contributed by atoms with Gasteiger partial charge < -0.3 is 15.6 Å². The van der Waals surface area contributed by atoms with Gasteiger partial charge in [0, 0.05) is 23.0 Å². The standard InChI is InChI=1S/C13H13ClN6O/c1-20-9-3-2-8(14)4-7(9)5-10(20)12(21)16-6-11-17-13(15)19-18-11/h2-5H,6H2,1H3,(H,16,21)(H3,15,17,18,19). The third-order valence-corrected chi connectivity index (χ3v) is 3.44. The van der Waals surface area contributed by atoms with Crippen LogP contribution in [0.15, 0.2) is 24.3 Å². The molecule has 1 aromatic carbocycles. The number of hydrogen-bond acceptors (Lipinski definition) is 4. The Kier molecular flexibility index (Phi) is 3.26. The first-order chi connectivity index (χ1) is 10.0. The summed E-state index contributed by atoms with van der Waals surface area (Å²) < 4.78 is 1.82. The highest BCUT2D eigenvalue weighted by atomic mass is 35.5. The molecule has 0 fully saturated rings. The highest BCUT2D eigenvalue weighted by Crippen LogP contribution is 2.22. The van der Waals surface area contributed by atoms with Crippen molar-refractivity contribution >= 4 is 34.4 Å². The SMILES string of the molecule is Cn1c(C(=O)NCc2nc(N)n[nH]2)cc2cc(Cl)ccc21. The van der Waals surface area contributed by atoms with Gasteiger partial charge in [-0.2, -0.15) is 4.98 Å². The normalized spacial score (nSPS) is 11.0. The molecule has 21 heavy (non-hydrogen) atoms. The summed E-state index contributed by atoms with van der Waals surface area (Å²) in [6, 6.07) is 7.30. The number of nitrogens with one attached hydrogen (secondary N) is 2. The second-order valence-corrected chi connectivity index (χ2v) is 5.05. The third kappa shape index (κ3) is 2.55. The highest BCUT2D eigenvalue weighted by molar-refractivity contribution is 6.31. The number of carbonyl (C=O) groups is 1. The Morgan fingerprint density at radius 1 is 1.48 bits per heavy atom. The lowest BCUT2D eigenvalue weighted by Gasteiger charge is -2.04. The van der Waals surface area contributed by atoms with Crippen LogP contribution in [0, 0.1) is 0 Å². The minimum atomic E-state index is -0.209. The number of benzene rings is 1. The lowest BCUT2D eigenvalue weighted by Crippen LogP contribution is -2.25. The molecule has 0 aliphatic rings. The molecule has 0 bridgehead atoms. The molecule has 1 amide bonds. The van der Waals surface area contributed by atoms with Gasteiger partial charge in [-0.25, -0.2) is 0 Å². The molecule has 0 spiro atoms. The van der Waals surface area contributed by atoms with Crippen LogP contribution in [-0.2, 0) is 13.6 Å². The number of amides is 1. The number of H-pyrrole nitrogens is 1. The van der Waals surface area contributed by atoms with E-state index in [2.05, 4.69) is 20.5 Å². The molecule has 2 heterocycles. The summed E-state index contributed by atoms with van der Waals surface area (Å²) in [5.41, 5.74) is 6.88. The van der Waals surface area contributed by atoms with Crippen LogP contribution in [0.25, 0.3) is 10.9 Å².